The number of nitrogens with two attached hydrogens (primary N) is 1. The maximum absolute atomic E-state index is 5.06. The highest BCUT2D eigenvalue weighted by atomic mass is 35.5. The molecule has 0 radical (unpaired) electrons. The van der Waals surface area contributed by atoms with E-state index in [1.54, 1.807) is 4.68 Å². The van der Waals surface area contributed by atoms with Gasteiger partial charge in [0.2, 0.25) is 12.4 Å². The van der Waals surface area contributed by atoms with Gasteiger partial charge in [0.05, 0.1) is 0 Å². The van der Waals surface area contributed by atoms with Crippen molar-refractivity contribution >= 4 is 0 Å². The Balaban J connectivity index is 0.000000640. The average molecular weight is 146 g/mol. The van der Waals surface area contributed by atoms with Gasteiger partial charge in [-0.25, -0.2) is 5.84 Å². The molecule has 9 heavy (non-hydrogen) atoms. The second-order valence-electron chi connectivity index (χ2n) is 1.41. The SMILES string of the molecule is NN[n+]1ccccc1.[Cl-]. The van der Waals surface area contributed by atoms with Gasteiger partial charge in [-0.15, -0.1) is 5.53 Å². The van der Waals surface area contributed by atoms with Gasteiger partial charge in [0.15, 0.2) is 0 Å². The van der Waals surface area contributed by atoms with Crippen molar-refractivity contribution in [3.05, 3.63) is 30.6 Å². The zero-order valence-corrected chi connectivity index (χ0v) is 5.55. The Hall–Kier alpha value is -0.800. The lowest BCUT2D eigenvalue weighted by molar-refractivity contribution is -0.651. The average Bonchev–Trinajstić information content (AvgIpc) is 1.90. The number of nitrogen functional groups attached to an aromatic ring is 1. The predicted molar refractivity (Wildman–Crippen MR) is 30.2 cm³/mol. The highest BCUT2D eigenvalue weighted by Gasteiger charge is 1.85. The van der Waals surface area contributed by atoms with Crippen molar-refractivity contribution in [1.29, 1.82) is 0 Å². The van der Waals surface area contributed by atoms with Gasteiger partial charge in [-0.05, 0) is 0 Å². The van der Waals surface area contributed by atoms with Crippen LogP contribution in [0.2, 0.25) is 0 Å². The number of halogens is 1. The maximum atomic E-state index is 5.06. The van der Waals surface area contributed by atoms with Crippen LogP contribution in [-0.4, -0.2) is 0 Å². The van der Waals surface area contributed by atoms with Crippen LogP contribution in [-0.2, 0) is 0 Å². The molecule has 0 unspecified atom stereocenters. The number of hydrazine groups is 1. The molecular weight excluding hydrogens is 138 g/mol. The van der Waals surface area contributed by atoms with E-state index in [-0.39, 0.29) is 12.4 Å². The molecule has 1 rings (SSSR count). The highest BCUT2D eigenvalue weighted by molar-refractivity contribution is 4.83. The van der Waals surface area contributed by atoms with E-state index in [1.165, 1.54) is 0 Å². The summed E-state index contributed by atoms with van der Waals surface area (Å²) in [5.41, 5.74) is 2.44. The van der Waals surface area contributed by atoms with Crippen molar-refractivity contribution < 1.29 is 17.1 Å². The van der Waals surface area contributed by atoms with Crippen molar-refractivity contribution in [1.82, 2.24) is 0 Å². The number of nitrogens with one attached hydrogen (secondary N) is 1. The Morgan fingerprint density at radius 3 is 2.00 bits per heavy atom. The number of hydrogen-bond acceptors (Lipinski definition) is 2. The summed E-state index contributed by atoms with van der Waals surface area (Å²) in [5.74, 6) is 5.06. The minimum Gasteiger partial charge on any atom is -1.00 e. The van der Waals surface area contributed by atoms with Crippen LogP contribution in [0.5, 0.6) is 0 Å². The minimum atomic E-state index is 0. The van der Waals surface area contributed by atoms with Gasteiger partial charge in [0.1, 0.15) is 0 Å². The zero-order chi connectivity index (χ0) is 5.82. The van der Waals surface area contributed by atoms with Gasteiger partial charge < -0.3 is 12.4 Å². The van der Waals surface area contributed by atoms with Crippen LogP contribution in [0.1, 0.15) is 0 Å². The fourth-order valence-corrected chi connectivity index (χ4v) is 0.485. The van der Waals surface area contributed by atoms with Gasteiger partial charge >= 0.3 is 0 Å². The summed E-state index contributed by atoms with van der Waals surface area (Å²) >= 11 is 0. The largest absolute Gasteiger partial charge is 1.00 e. The first-order valence-electron chi connectivity index (χ1n) is 2.36. The van der Waals surface area contributed by atoms with Crippen LogP contribution in [0.25, 0.3) is 0 Å². The predicted octanol–water partition coefficient (Wildman–Crippen LogP) is -3.60. The van der Waals surface area contributed by atoms with E-state index in [0.29, 0.717) is 0 Å². The van der Waals surface area contributed by atoms with E-state index >= 15 is 0 Å². The summed E-state index contributed by atoms with van der Waals surface area (Å²) in [6, 6.07) is 5.70. The molecule has 4 heteroatoms. The molecule has 1 heterocycles. The second-order valence-corrected chi connectivity index (χ2v) is 1.41. The van der Waals surface area contributed by atoms with Crippen molar-refractivity contribution in [3.63, 3.8) is 0 Å². The number of pyridine rings is 1. The van der Waals surface area contributed by atoms with Gasteiger partial charge in [-0.2, -0.15) is 0 Å². The third kappa shape index (κ3) is 2.30. The van der Waals surface area contributed by atoms with Gasteiger partial charge in [0, 0.05) is 12.1 Å². The first-order valence-corrected chi connectivity index (χ1v) is 2.36. The van der Waals surface area contributed by atoms with Gasteiger partial charge in [0.25, 0.3) is 0 Å². The van der Waals surface area contributed by atoms with Crippen molar-refractivity contribution in [2.24, 2.45) is 5.84 Å². The molecule has 0 amide bonds. The molecule has 0 bridgehead atoms. The van der Waals surface area contributed by atoms with Crippen molar-refractivity contribution in [2.45, 2.75) is 0 Å². The monoisotopic (exact) mass is 145 g/mol. The molecule has 0 atom stereocenters. The van der Waals surface area contributed by atoms with Crippen LogP contribution < -0.4 is 28.5 Å². The van der Waals surface area contributed by atoms with Crippen LogP contribution in [0, 0.1) is 0 Å². The first kappa shape index (κ1) is 8.20. The van der Waals surface area contributed by atoms with Crippen molar-refractivity contribution in [3.8, 4) is 0 Å². The molecule has 0 fully saturated rings. The summed E-state index contributed by atoms with van der Waals surface area (Å²) in [7, 11) is 0. The summed E-state index contributed by atoms with van der Waals surface area (Å²) in [6.45, 7) is 0. The number of rotatable bonds is 1. The topological polar surface area (TPSA) is 41.9 Å². The van der Waals surface area contributed by atoms with Crippen LogP contribution in [0.3, 0.4) is 0 Å². The fraction of sp³-hybridized carbons (Fsp3) is 0. The van der Waals surface area contributed by atoms with E-state index in [0.717, 1.165) is 0 Å². The normalized spacial score (nSPS) is 7.67. The molecule has 0 saturated carbocycles. The lowest BCUT2D eigenvalue weighted by Crippen LogP contribution is -3.00. The van der Waals surface area contributed by atoms with Crippen LogP contribution in [0.4, 0.5) is 0 Å². The third-order valence-corrected chi connectivity index (χ3v) is 0.865. The van der Waals surface area contributed by atoms with E-state index < -0.39 is 0 Å². The van der Waals surface area contributed by atoms with E-state index in [1.807, 2.05) is 30.6 Å². The second kappa shape index (κ2) is 4.12. The molecule has 1 aromatic heterocycles. The summed E-state index contributed by atoms with van der Waals surface area (Å²) in [4.78, 5) is 0. The van der Waals surface area contributed by atoms with Crippen molar-refractivity contribution in [2.75, 3.05) is 5.53 Å². The molecule has 0 aromatic carbocycles. The minimum absolute atomic E-state index is 0. The molecule has 1 aromatic rings. The highest BCUT2D eigenvalue weighted by Crippen LogP contribution is 1.71. The molecule has 0 aliphatic carbocycles. The number of hydrogen-bond donors (Lipinski definition) is 2. The lowest BCUT2D eigenvalue weighted by Gasteiger charge is -1.86. The third-order valence-electron chi connectivity index (χ3n) is 0.865. The molecule has 0 saturated heterocycles. The summed E-state index contributed by atoms with van der Waals surface area (Å²) < 4.78 is 1.65. The Morgan fingerprint density at radius 1 is 1.11 bits per heavy atom. The standard InChI is InChI=1S/C5H8N3.ClH/c6-7-8-4-2-1-3-5-8;/h1-5,7H,6H2;1H/q+1;/p-1. The van der Waals surface area contributed by atoms with E-state index in [4.69, 9.17) is 5.84 Å². The van der Waals surface area contributed by atoms with Gasteiger partial charge in [-0.3, -0.25) is 0 Å². The molecule has 0 aliphatic rings. The summed E-state index contributed by atoms with van der Waals surface area (Å²) in [6.07, 6.45) is 3.64. The van der Waals surface area contributed by atoms with Crippen LogP contribution in [0.15, 0.2) is 30.6 Å². The van der Waals surface area contributed by atoms with E-state index in [2.05, 4.69) is 5.53 Å². The number of nitrogens with zero attached hydrogens (tertiary/aromatic N) is 1. The molecule has 3 nitrogen and oxygen atoms in total. The van der Waals surface area contributed by atoms with Crippen LogP contribution >= 0.6 is 0 Å². The Kier molecular flexibility index (Phi) is 3.75. The fourth-order valence-electron chi connectivity index (χ4n) is 0.485. The first-order chi connectivity index (χ1) is 3.93. The lowest BCUT2D eigenvalue weighted by atomic mass is 10.5. The smallest absolute Gasteiger partial charge is 0.200 e. The van der Waals surface area contributed by atoms with Gasteiger partial charge in [-0.1, -0.05) is 10.7 Å². The molecule has 3 N–H and O–H groups in total. The Labute approximate surface area is 59.8 Å². The van der Waals surface area contributed by atoms with E-state index in [9.17, 15) is 0 Å². The molecule has 0 spiro atoms. The number of aromatic nitrogens is 1. The summed E-state index contributed by atoms with van der Waals surface area (Å²) in [5, 5.41) is 0. The Bertz CT molecular complexity index is 154. The maximum Gasteiger partial charge on any atom is 0.200 e. The quantitative estimate of drug-likeness (QED) is 0.244. The molecule has 0 aliphatic heterocycles. The zero-order valence-electron chi connectivity index (χ0n) is 4.79. The molecule has 50 valence electrons. The molecular formula is C5H8ClN3. The Morgan fingerprint density at radius 2 is 1.67 bits per heavy atom.